The molecule has 2 heteroatoms. The molecule has 0 aliphatic carbocycles. The van der Waals surface area contributed by atoms with E-state index in [1.165, 1.54) is 22.3 Å². The number of aryl methyl sites for hydroxylation is 1. The van der Waals surface area contributed by atoms with Gasteiger partial charge in [-0.2, -0.15) is 0 Å². The van der Waals surface area contributed by atoms with E-state index in [9.17, 15) is 0 Å². The maximum atomic E-state index is 5.21. The number of benzene rings is 3. The normalized spacial score (nSPS) is 9.65. The second kappa shape index (κ2) is 17.7. The van der Waals surface area contributed by atoms with E-state index >= 15 is 0 Å². The van der Waals surface area contributed by atoms with Gasteiger partial charge >= 0.3 is 0 Å². The summed E-state index contributed by atoms with van der Waals surface area (Å²) in [6.45, 7) is 15.2. The average molecular weight is 467 g/mol. The molecule has 34 heavy (non-hydrogen) atoms. The summed E-state index contributed by atoms with van der Waals surface area (Å²) in [5.41, 5.74) is 5.36. The molecule has 0 saturated heterocycles. The molecule has 0 bridgehead atoms. The Morgan fingerprint density at radius 3 is 1.56 bits per heavy atom. The first kappa shape index (κ1) is 33.4. The summed E-state index contributed by atoms with van der Waals surface area (Å²) in [6.07, 6.45) is 0. The number of methoxy groups -OCH3 is 2. The highest BCUT2D eigenvalue weighted by molar-refractivity contribution is 5.35. The molecule has 0 fully saturated rings. The molecule has 2 nitrogen and oxygen atoms in total. The predicted octanol–water partition coefficient (Wildman–Crippen LogP) is 10.0. The van der Waals surface area contributed by atoms with E-state index in [1.54, 1.807) is 14.2 Å². The van der Waals surface area contributed by atoms with Gasteiger partial charge in [0.05, 0.1) is 14.2 Å². The van der Waals surface area contributed by atoms with Crippen LogP contribution >= 0.6 is 0 Å². The highest BCUT2D eigenvalue weighted by Gasteiger charge is 2.04. The first-order valence-corrected chi connectivity index (χ1v) is 11.5. The molecule has 0 amide bonds. The van der Waals surface area contributed by atoms with E-state index in [0.717, 1.165) is 11.5 Å². The minimum Gasteiger partial charge on any atom is -0.497 e. The predicted molar refractivity (Wildman–Crippen MR) is 153 cm³/mol. The Balaban J connectivity index is 0. The molecular formula is C32H50O2. The van der Waals surface area contributed by atoms with Gasteiger partial charge in [0.1, 0.15) is 11.5 Å². The van der Waals surface area contributed by atoms with E-state index < -0.39 is 0 Å². The largest absolute Gasteiger partial charge is 0.497 e. The SMILES string of the molecule is C.C.COc1cccc(C(C)C)c1.COc1ccccc1C(C)C.Cc1ccc(C(C)C)cc1. The molecule has 3 aromatic carbocycles. The van der Waals surface area contributed by atoms with Gasteiger partial charge in [-0.3, -0.25) is 0 Å². The van der Waals surface area contributed by atoms with E-state index in [-0.39, 0.29) is 14.9 Å². The van der Waals surface area contributed by atoms with Crippen molar-refractivity contribution in [1.82, 2.24) is 0 Å². The number of hydrogen-bond acceptors (Lipinski definition) is 2. The Hall–Kier alpha value is -2.74. The molecule has 0 atom stereocenters. The molecule has 0 aliphatic rings. The summed E-state index contributed by atoms with van der Waals surface area (Å²) < 4.78 is 10.3. The molecular weight excluding hydrogens is 416 g/mol. The Labute approximate surface area is 211 Å². The quantitative estimate of drug-likeness (QED) is 0.372. The molecule has 0 aliphatic heterocycles. The number of rotatable bonds is 5. The lowest BCUT2D eigenvalue weighted by atomic mass is 10.0. The van der Waals surface area contributed by atoms with Crippen molar-refractivity contribution < 1.29 is 9.47 Å². The van der Waals surface area contributed by atoms with Crippen LogP contribution in [0.5, 0.6) is 11.5 Å². The summed E-state index contributed by atoms with van der Waals surface area (Å²) in [5, 5.41) is 0. The second-order valence-electron chi connectivity index (χ2n) is 8.89. The van der Waals surface area contributed by atoms with Crippen LogP contribution in [0.4, 0.5) is 0 Å². The Morgan fingerprint density at radius 1 is 0.559 bits per heavy atom. The van der Waals surface area contributed by atoms with Crippen LogP contribution in [0.2, 0.25) is 0 Å². The van der Waals surface area contributed by atoms with E-state index in [2.05, 4.69) is 90.9 Å². The fraction of sp³-hybridized carbons (Fsp3) is 0.438. The molecule has 0 heterocycles. The fourth-order valence-electron chi connectivity index (χ4n) is 3.10. The van der Waals surface area contributed by atoms with E-state index in [4.69, 9.17) is 9.47 Å². The third-order valence-electron chi connectivity index (χ3n) is 5.27. The van der Waals surface area contributed by atoms with Gasteiger partial charge in [-0.25, -0.2) is 0 Å². The summed E-state index contributed by atoms with van der Waals surface area (Å²) in [4.78, 5) is 0. The van der Waals surface area contributed by atoms with Gasteiger partial charge in [0, 0.05) is 0 Å². The van der Waals surface area contributed by atoms with Crippen LogP contribution in [0.25, 0.3) is 0 Å². The Morgan fingerprint density at radius 2 is 1.12 bits per heavy atom. The average Bonchev–Trinajstić information content (AvgIpc) is 2.80. The monoisotopic (exact) mass is 466 g/mol. The van der Waals surface area contributed by atoms with Gasteiger partial charge in [0.25, 0.3) is 0 Å². The van der Waals surface area contributed by atoms with E-state index in [1.807, 2.05) is 30.3 Å². The smallest absolute Gasteiger partial charge is 0.122 e. The molecule has 0 unspecified atom stereocenters. The van der Waals surface area contributed by atoms with Gasteiger partial charge in [-0.05, 0) is 59.6 Å². The van der Waals surface area contributed by atoms with Crippen LogP contribution in [0.1, 0.15) is 96.4 Å². The molecule has 0 spiro atoms. The van der Waals surface area contributed by atoms with Crippen molar-refractivity contribution in [1.29, 1.82) is 0 Å². The van der Waals surface area contributed by atoms with Gasteiger partial charge < -0.3 is 9.47 Å². The van der Waals surface area contributed by atoms with Crippen LogP contribution in [-0.4, -0.2) is 14.2 Å². The lowest BCUT2D eigenvalue weighted by molar-refractivity contribution is 0.407. The number of hydrogen-bond donors (Lipinski definition) is 0. The van der Waals surface area contributed by atoms with Crippen LogP contribution in [-0.2, 0) is 0 Å². The number of ether oxygens (including phenoxy) is 2. The molecule has 0 radical (unpaired) electrons. The second-order valence-corrected chi connectivity index (χ2v) is 8.89. The van der Waals surface area contributed by atoms with Gasteiger partial charge in [0.15, 0.2) is 0 Å². The first-order valence-electron chi connectivity index (χ1n) is 11.5. The number of para-hydroxylation sites is 1. The molecule has 190 valence electrons. The van der Waals surface area contributed by atoms with Crippen molar-refractivity contribution in [2.24, 2.45) is 0 Å². The summed E-state index contributed by atoms with van der Waals surface area (Å²) in [5.74, 6) is 3.69. The fourth-order valence-corrected chi connectivity index (χ4v) is 3.10. The zero-order valence-electron chi connectivity index (χ0n) is 21.5. The lowest BCUT2D eigenvalue weighted by Crippen LogP contribution is -1.92. The summed E-state index contributed by atoms with van der Waals surface area (Å²) >= 11 is 0. The highest BCUT2D eigenvalue weighted by atomic mass is 16.5. The Bertz CT molecular complexity index is 893. The lowest BCUT2D eigenvalue weighted by Gasteiger charge is -2.10. The zero-order valence-corrected chi connectivity index (χ0v) is 21.5. The van der Waals surface area contributed by atoms with Crippen LogP contribution in [0.15, 0.2) is 72.8 Å². The van der Waals surface area contributed by atoms with Crippen molar-refractivity contribution in [3.63, 3.8) is 0 Å². The molecule has 0 saturated carbocycles. The maximum absolute atomic E-state index is 5.21. The topological polar surface area (TPSA) is 18.5 Å². The summed E-state index contributed by atoms with van der Waals surface area (Å²) in [7, 11) is 3.40. The minimum atomic E-state index is 0. The third-order valence-corrected chi connectivity index (χ3v) is 5.27. The van der Waals surface area contributed by atoms with Crippen molar-refractivity contribution in [2.45, 2.75) is 81.1 Å². The highest BCUT2D eigenvalue weighted by Crippen LogP contribution is 2.25. The van der Waals surface area contributed by atoms with Crippen LogP contribution < -0.4 is 9.47 Å². The molecule has 3 aromatic rings. The van der Waals surface area contributed by atoms with Gasteiger partial charge in [-0.1, -0.05) is 117 Å². The van der Waals surface area contributed by atoms with Gasteiger partial charge in [0.2, 0.25) is 0 Å². The van der Waals surface area contributed by atoms with E-state index in [0.29, 0.717) is 17.8 Å². The van der Waals surface area contributed by atoms with Crippen molar-refractivity contribution in [2.75, 3.05) is 14.2 Å². The minimum absolute atomic E-state index is 0. The molecule has 0 N–H and O–H groups in total. The molecule has 3 rings (SSSR count). The summed E-state index contributed by atoms with van der Waals surface area (Å²) in [6, 6.07) is 25.0. The zero-order chi connectivity index (χ0) is 24.1. The molecule has 0 aromatic heterocycles. The maximum Gasteiger partial charge on any atom is 0.122 e. The third kappa shape index (κ3) is 11.9. The van der Waals surface area contributed by atoms with Crippen molar-refractivity contribution in [3.8, 4) is 11.5 Å². The Kier molecular flexibility index (Phi) is 17.4. The first-order chi connectivity index (χ1) is 15.2. The van der Waals surface area contributed by atoms with Crippen LogP contribution in [0.3, 0.4) is 0 Å². The van der Waals surface area contributed by atoms with Gasteiger partial charge in [-0.15, -0.1) is 0 Å². The van der Waals surface area contributed by atoms with Crippen molar-refractivity contribution in [3.05, 3.63) is 95.1 Å². The standard InChI is InChI=1S/2C10H14O.C10H14.2CH4/c1-8(2)9-5-4-6-10(7-9)11-3;1-8(2)9-6-4-5-7-10(9)11-3;1-8(2)10-6-4-9(3)5-7-10;;/h2*4-8H,1-3H3;4-8H,1-3H3;2*1H4. The van der Waals surface area contributed by atoms with Crippen molar-refractivity contribution >= 4 is 0 Å². The van der Waals surface area contributed by atoms with Crippen LogP contribution in [0, 0.1) is 6.92 Å².